The molecule has 0 aliphatic rings. The summed E-state index contributed by atoms with van der Waals surface area (Å²) in [5, 5.41) is 0. The molecule has 2 aromatic carbocycles. The second-order valence-corrected chi connectivity index (χ2v) is 4.97. The SMILES string of the molecule is COc1ccc(-c2ccc3[nH]c(=O)sc3c2)cc1. The van der Waals surface area contributed by atoms with Crippen LogP contribution in [0.5, 0.6) is 5.75 Å². The van der Waals surface area contributed by atoms with Gasteiger partial charge in [0.25, 0.3) is 0 Å². The number of benzene rings is 2. The third-order valence-corrected chi connectivity index (χ3v) is 3.69. The number of nitrogens with one attached hydrogen (secondary N) is 1. The Labute approximate surface area is 108 Å². The van der Waals surface area contributed by atoms with Gasteiger partial charge in [-0.3, -0.25) is 4.79 Å². The molecular weight excluding hydrogens is 246 g/mol. The Morgan fingerprint density at radius 3 is 2.50 bits per heavy atom. The summed E-state index contributed by atoms with van der Waals surface area (Å²) in [6.45, 7) is 0. The molecule has 0 saturated heterocycles. The van der Waals surface area contributed by atoms with E-state index < -0.39 is 0 Å². The van der Waals surface area contributed by atoms with Crippen LogP contribution in [0.25, 0.3) is 21.3 Å². The molecule has 0 aliphatic heterocycles. The number of fused-ring (bicyclic) bond motifs is 1. The molecule has 0 saturated carbocycles. The van der Waals surface area contributed by atoms with Crippen molar-refractivity contribution in [2.24, 2.45) is 0 Å². The second kappa shape index (κ2) is 4.31. The van der Waals surface area contributed by atoms with Gasteiger partial charge in [0.1, 0.15) is 5.75 Å². The van der Waals surface area contributed by atoms with Gasteiger partial charge < -0.3 is 9.72 Å². The van der Waals surface area contributed by atoms with E-state index in [0.717, 1.165) is 27.1 Å². The molecule has 0 radical (unpaired) electrons. The van der Waals surface area contributed by atoms with Gasteiger partial charge in [-0.25, -0.2) is 0 Å². The summed E-state index contributed by atoms with van der Waals surface area (Å²) in [6, 6.07) is 13.8. The Balaban J connectivity index is 2.09. The maximum absolute atomic E-state index is 11.3. The maximum Gasteiger partial charge on any atom is 0.305 e. The molecule has 0 spiro atoms. The van der Waals surface area contributed by atoms with Gasteiger partial charge in [0.2, 0.25) is 0 Å². The summed E-state index contributed by atoms with van der Waals surface area (Å²) >= 11 is 1.23. The van der Waals surface area contributed by atoms with E-state index >= 15 is 0 Å². The zero-order chi connectivity index (χ0) is 12.5. The van der Waals surface area contributed by atoms with Gasteiger partial charge in [-0.1, -0.05) is 29.5 Å². The number of methoxy groups -OCH3 is 1. The minimum atomic E-state index is -0.0168. The molecule has 1 N–H and O–H groups in total. The number of hydrogen-bond donors (Lipinski definition) is 1. The fourth-order valence-electron chi connectivity index (χ4n) is 1.91. The van der Waals surface area contributed by atoms with Crippen LogP contribution in [0.4, 0.5) is 0 Å². The molecule has 0 unspecified atom stereocenters. The molecule has 3 rings (SSSR count). The van der Waals surface area contributed by atoms with Gasteiger partial charge >= 0.3 is 4.87 Å². The molecule has 1 aromatic heterocycles. The van der Waals surface area contributed by atoms with Crippen molar-refractivity contribution >= 4 is 21.6 Å². The molecule has 3 nitrogen and oxygen atoms in total. The van der Waals surface area contributed by atoms with Crippen molar-refractivity contribution in [2.75, 3.05) is 7.11 Å². The van der Waals surface area contributed by atoms with Crippen LogP contribution in [0.3, 0.4) is 0 Å². The zero-order valence-electron chi connectivity index (χ0n) is 9.77. The number of ether oxygens (including phenoxy) is 1. The number of hydrogen-bond acceptors (Lipinski definition) is 3. The highest BCUT2D eigenvalue weighted by Gasteiger charge is 2.03. The van der Waals surface area contributed by atoms with Crippen molar-refractivity contribution in [1.82, 2.24) is 4.98 Å². The lowest BCUT2D eigenvalue weighted by atomic mass is 10.1. The van der Waals surface area contributed by atoms with E-state index in [4.69, 9.17) is 4.74 Å². The predicted molar refractivity (Wildman–Crippen MR) is 74.4 cm³/mol. The molecule has 90 valence electrons. The van der Waals surface area contributed by atoms with E-state index in [1.807, 2.05) is 42.5 Å². The van der Waals surface area contributed by atoms with Crippen LogP contribution >= 0.6 is 11.3 Å². The molecule has 0 fully saturated rings. The molecular formula is C14H11NO2S. The quantitative estimate of drug-likeness (QED) is 0.765. The second-order valence-electron chi connectivity index (χ2n) is 3.95. The predicted octanol–water partition coefficient (Wildman–Crippen LogP) is 3.27. The summed E-state index contributed by atoms with van der Waals surface area (Å²) in [6.07, 6.45) is 0. The lowest BCUT2D eigenvalue weighted by molar-refractivity contribution is 0.415. The third-order valence-electron chi connectivity index (χ3n) is 2.84. The van der Waals surface area contributed by atoms with Crippen LogP contribution < -0.4 is 9.61 Å². The standard InChI is InChI=1S/C14H11NO2S/c1-17-11-5-2-9(3-6-11)10-4-7-12-13(8-10)18-14(16)15-12/h2-8H,1H3,(H,15,16). The van der Waals surface area contributed by atoms with Crippen molar-refractivity contribution in [1.29, 1.82) is 0 Å². The maximum atomic E-state index is 11.3. The van der Waals surface area contributed by atoms with E-state index in [-0.39, 0.29) is 4.87 Å². The van der Waals surface area contributed by atoms with E-state index in [0.29, 0.717) is 0 Å². The average Bonchev–Trinajstić information content (AvgIpc) is 2.78. The smallest absolute Gasteiger partial charge is 0.305 e. The Bertz CT molecular complexity index is 740. The largest absolute Gasteiger partial charge is 0.497 e. The summed E-state index contributed by atoms with van der Waals surface area (Å²) in [5.74, 6) is 0.839. The van der Waals surface area contributed by atoms with Crippen molar-refractivity contribution in [2.45, 2.75) is 0 Å². The minimum absolute atomic E-state index is 0.0168. The lowest BCUT2D eigenvalue weighted by Crippen LogP contribution is -1.89. The monoisotopic (exact) mass is 257 g/mol. The summed E-state index contributed by atoms with van der Waals surface area (Å²) < 4.78 is 6.11. The average molecular weight is 257 g/mol. The van der Waals surface area contributed by atoms with Gasteiger partial charge in [-0.2, -0.15) is 0 Å². The molecule has 18 heavy (non-hydrogen) atoms. The van der Waals surface area contributed by atoms with E-state index in [9.17, 15) is 4.79 Å². The van der Waals surface area contributed by atoms with Crippen LogP contribution in [-0.4, -0.2) is 12.1 Å². The summed E-state index contributed by atoms with van der Waals surface area (Å²) in [7, 11) is 1.65. The summed E-state index contributed by atoms with van der Waals surface area (Å²) in [4.78, 5) is 14.0. The Hall–Kier alpha value is -2.07. The first-order chi connectivity index (χ1) is 8.76. The van der Waals surface area contributed by atoms with Crippen LogP contribution in [0.1, 0.15) is 0 Å². The molecule has 0 aliphatic carbocycles. The Kier molecular flexibility index (Phi) is 2.64. The van der Waals surface area contributed by atoms with E-state index in [1.165, 1.54) is 11.3 Å². The number of H-pyrrole nitrogens is 1. The molecule has 1 heterocycles. The highest BCUT2D eigenvalue weighted by molar-refractivity contribution is 7.16. The Morgan fingerprint density at radius 1 is 1.06 bits per heavy atom. The fraction of sp³-hybridized carbons (Fsp3) is 0.0714. The molecule has 3 aromatic rings. The minimum Gasteiger partial charge on any atom is -0.497 e. The van der Waals surface area contributed by atoms with Gasteiger partial charge in [-0.15, -0.1) is 0 Å². The highest BCUT2D eigenvalue weighted by Crippen LogP contribution is 2.26. The first-order valence-electron chi connectivity index (χ1n) is 5.53. The number of aromatic amines is 1. The molecule has 0 atom stereocenters. The molecule has 4 heteroatoms. The van der Waals surface area contributed by atoms with Gasteiger partial charge in [-0.05, 0) is 35.4 Å². The van der Waals surface area contributed by atoms with Gasteiger partial charge in [0, 0.05) is 0 Å². The number of rotatable bonds is 2. The van der Waals surface area contributed by atoms with Crippen molar-refractivity contribution in [3.8, 4) is 16.9 Å². The molecule has 0 bridgehead atoms. The van der Waals surface area contributed by atoms with Crippen LogP contribution in [-0.2, 0) is 0 Å². The normalized spacial score (nSPS) is 10.7. The van der Waals surface area contributed by atoms with Gasteiger partial charge in [0.05, 0.1) is 17.3 Å². The van der Waals surface area contributed by atoms with Crippen LogP contribution in [0.2, 0.25) is 0 Å². The van der Waals surface area contributed by atoms with E-state index in [1.54, 1.807) is 7.11 Å². The van der Waals surface area contributed by atoms with Crippen LogP contribution in [0.15, 0.2) is 47.3 Å². The van der Waals surface area contributed by atoms with Gasteiger partial charge in [0.15, 0.2) is 0 Å². The Morgan fingerprint density at radius 2 is 1.78 bits per heavy atom. The third kappa shape index (κ3) is 1.91. The molecule has 0 amide bonds. The van der Waals surface area contributed by atoms with E-state index in [2.05, 4.69) is 4.98 Å². The zero-order valence-corrected chi connectivity index (χ0v) is 10.6. The lowest BCUT2D eigenvalue weighted by Gasteiger charge is -2.03. The number of aromatic nitrogens is 1. The van der Waals surface area contributed by atoms with Crippen molar-refractivity contribution < 1.29 is 4.74 Å². The van der Waals surface area contributed by atoms with Crippen molar-refractivity contribution in [3.05, 3.63) is 52.1 Å². The van der Waals surface area contributed by atoms with Crippen molar-refractivity contribution in [3.63, 3.8) is 0 Å². The number of thiazole rings is 1. The first-order valence-corrected chi connectivity index (χ1v) is 6.35. The summed E-state index contributed by atoms with van der Waals surface area (Å²) in [5.41, 5.74) is 3.10. The first kappa shape index (κ1) is 11.0. The van der Waals surface area contributed by atoms with Crippen LogP contribution in [0, 0.1) is 0 Å². The topological polar surface area (TPSA) is 42.1 Å². The fourth-order valence-corrected chi connectivity index (χ4v) is 2.68. The highest BCUT2D eigenvalue weighted by atomic mass is 32.1.